The lowest BCUT2D eigenvalue weighted by Gasteiger charge is -2.13. The molecule has 2 rings (SSSR count). The quantitative estimate of drug-likeness (QED) is 0.472. The highest BCUT2D eigenvalue weighted by Crippen LogP contribution is 2.31. The van der Waals surface area contributed by atoms with E-state index in [9.17, 15) is 0 Å². The molecule has 0 unspecified atom stereocenters. The normalized spacial score (nSPS) is 10.6. The van der Waals surface area contributed by atoms with Gasteiger partial charge in [-0.1, -0.05) is 35.5 Å². The molecule has 1 aromatic carbocycles. The summed E-state index contributed by atoms with van der Waals surface area (Å²) in [5.74, 6) is 1.31. The molecule has 0 amide bonds. The van der Waals surface area contributed by atoms with Gasteiger partial charge in [0.05, 0.1) is 0 Å². The van der Waals surface area contributed by atoms with Crippen LogP contribution in [0, 0.1) is 20.8 Å². The highest BCUT2D eigenvalue weighted by Gasteiger charge is 2.10. The standard InChI is InChI=1S/C14H15ClN2OS/c1-8-5-6-9(2)13(10(8)3)18-12-7-11(15)16-14(17-12)19-4/h5-7H,1-4H3. The fourth-order valence-electron chi connectivity index (χ4n) is 1.71. The Balaban J connectivity index is 2.41. The van der Waals surface area contributed by atoms with Gasteiger partial charge in [0, 0.05) is 6.07 Å². The van der Waals surface area contributed by atoms with Crippen molar-refractivity contribution >= 4 is 23.4 Å². The zero-order chi connectivity index (χ0) is 14.0. The summed E-state index contributed by atoms with van der Waals surface area (Å²) in [7, 11) is 0. The van der Waals surface area contributed by atoms with Crippen molar-refractivity contribution in [1.82, 2.24) is 9.97 Å². The molecule has 1 heterocycles. The number of hydrogen-bond acceptors (Lipinski definition) is 4. The monoisotopic (exact) mass is 294 g/mol. The van der Waals surface area contributed by atoms with Crippen molar-refractivity contribution in [1.29, 1.82) is 0 Å². The summed E-state index contributed by atoms with van der Waals surface area (Å²) < 4.78 is 5.90. The first-order chi connectivity index (χ1) is 9.01. The Labute approximate surface area is 122 Å². The molecule has 0 spiro atoms. The zero-order valence-corrected chi connectivity index (χ0v) is 12.9. The van der Waals surface area contributed by atoms with Gasteiger partial charge in [0.15, 0.2) is 5.16 Å². The van der Waals surface area contributed by atoms with Gasteiger partial charge in [0.2, 0.25) is 5.88 Å². The van der Waals surface area contributed by atoms with E-state index in [1.165, 1.54) is 17.3 Å². The minimum absolute atomic E-state index is 0.386. The van der Waals surface area contributed by atoms with Gasteiger partial charge in [-0.15, -0.1) is 0 Å². The second-order valence-electron chi connectivity index (χ2n) is 4.27. The summed E-state index contributed by atoms with van der Waals surface area (Å²) in [6.45, 7) is 6.11. The fraction of sp³-hybridized carbons (Fsp3) is 0.286. The SMILES string of the molecule is CSc1nc(Cl)cc(Oc2c(C)ccc(C)c2C)n1. The summed E-state index contributed by atoms with van der Waals surface area (Å²) in [6.07, 6.45) is 1.90. The molecule has 5 heteroatoms. The number of rotatable bonds is 3. The Bertz CT molecular complexity index is 617. The Kier molecular flexibility index (Phi) is 4.32. The van der Waals surface area contributed by atoms with Crippen LogP contribution in [0.15, 0.2) is 23.4 Å². The number of aromatic nitrogens is 2. The Morgan fingerprint density at radius 2 is 1.79 bits per heavy atom. The first-order valence-corrected chi connectivity index (χ1v) is 7.44. The second-order valence-corrected chi connectivity index (χ2v) is 5.43. The van der Waals surface area contributed by atoms with Gasteiger partial charge in [-0.25, -0.2) is 4.98 Å². The Hall–Kier alpha value is -1.26. The lowest BCUT2D eigenvalue weighted by molar-refractivity contribution is 0.448. The van der Waals surface area contributed by atoms with Gasteiger partial charge in [-0.2, -0.15) is 4.98 Å². The highest BCUT2D eigenvalue weighted by atomic mass is 35.5. The summed E-state index contributed by atoms with van der Waals surface area (Å²) in [6, 6.07) is 5.75. The summed E-state index contributed by atoms with van der Waals surface area (Å²) >= 11 is 7.39. The van der Waals surface area contributed by atoms with Crippen LogP contribution in [0.1, 0.15) is 16.7 Å². The minimum Gasteiger partial charge on any atom is -0.438 e. The zero-order valence-electron chi connectivity index (χ0n) is 11.3. The van der Waals surface area contributed by atoms with Crippen LogP contribution in [0.4, 0.5) is 0 Å². The van der Waals surface area contributed by atoms with Crippen LogP contribution in [-0.4, -0.2) is 16.2 Å². The van der Waals surface area contributed by atoms with Gasteiger partial charge >= 0.3 is 0 Å². The van der Waals surface area contributed by atoms with Gasteiger partial charge < -0.3 is 4.74 Å². The lowest BCUT2D eigenvalue weighted by Crippen LogP contribution is -1.97. The summed E-state index contributed by atoms with van der Waals surface area (Å²) in [4.78, 5) is 8.40. The van der Waals surface area contributed by atoms with Crippen LogP contribution in [-0.2, 0) is 0 Å². The van der Waals surface area contributed by atoms with Crippen LogP contribution in [0.25, 0.3) is 0 Å². The van der Waals surface area contributed by atoms with E-state index < -0.39 is 0 Å². The largest absolute Gasteiger partial charge is 0.438 e. The van der Waals surface area contributed by atoms with Crippen LogP contribution in [0.3, 0.4) is 0 Å². The van der Waals surface area contributed by atoms with Gasteiger partial charge in [-0.05, 0) is 43.7 Å². The summed E-state index contributed by atoms with van der Waals surface area (Å²) in [5.41, 5.74) is 3.37. The molecule has 0 fully saturated rings. The van der Waals surface area contributed by atoms with Gasteiger partial charge in [0.1, 0.15) is 10.9 Å². The van der Waals surface area contributed by atoms with E-state index in [1.54, 1.807) is 6.07 Å². The number of aryl methyl sites for hydroxylation is 2. The van der Waals surface area contributed by atoms with Crippen molar-refractivity contribution in [2.24, 2.45) is 0 Å². The number of thioether (sulfide) groups is 1. The first-order valence-electron chi connectivity index (χ1n) is 5.84. The van der Waals surface area contributed by atoms with E-state index in [1.807, 2.05) is 26.2 Å². The number of ether oxygens (including phenoxy) is 1. The Morgan fingerprint density at radius 3 is 2.47 bits per heavy atom. The van der Waals surface area contributed by atoms with E-state index in [4.69, 9.17) is 16.3 Å². The van der Waals surface area contributed by atoms with Gasteiger partial charge in [0.25, 0.3) is 0 Å². The van der Waals surface area contributed by atoms with Crippen molar-refractivity contribution in [3.63, 3.8) is 0 Å². The van der Waals surface area contributed by atoms with Crippen LogP contribution in [0.2, 0.25) is 5.15 Å². The molecule has 2 aromatic rings. The van der Waals surface area contributed by atoms with E-state index >= 15 is 0 Å². The molecule has 0 atom stereocenters. The van der Waals surface area contributed by atoms with Crippen LogP contribution >= 0.6 is 23.4 Å². The van der Waals surface area contributed by atoms with E-state index in [2.05, 4.69) is 23.0 Å². The predicted octanol–water partition coefficient (Wildman–Crippen LogP) is 4.57. The second kappa shape index (κ2) is 5.80. The Morgan fingerprint density at radius 1 is 1.11 bits per heavy atom. The van der Waals surface area contributed by atoms with Crippen molar-refractivity contribution in [3.8, 4) is 11.6 Å². The smallest absolute Gasteiger partial charge is 0.224 e. The average molecular weight is 295 g/mol. The molecule has 0 bridgehead atoms. The fourth-order valence-corrected chi connectivity index (χ4v) is 2.30. The van der Waals surface area contributed by atoms with Gasteiger partial charge in [-0.3, -0.25) is 0 Å². The number of hydrogen-bond donors (Lipinski definition) is 0. The maximum Gasteiger partial charge on any atom is 0.224 e. The third-order valence-corrected chi connectivity index (χ3v) is 3.66. The van der Waals surface area contributed by atoms with Crippen LogP contribution < -0.4 is 4.74 Å². The highest BCUT2D eigenvalue weighted by molar-refractivity contribution is 7.98. The summed E-state index contributed by atoms with van der Waals surface area (Å²) in [5, 5.41) is 0.989. The first kappa shape index (κ1) is 14.2. The third kappa shape index (κ3) is 3.19. The van der Waals surface area contributed by atoms with E-state index in [-0.39, 0.29) is 0 Å². The molecular formula is C14H15ClN2OS. The maximum absolute atomic E-state index is 5.96. The minimum atomic E-state index is 0.386. The molecule has 0 aliphatic heterocycles. The topological polar surface area (TPSA) is 35.0 Å². The number of halogens is 1. The van der Waals surface area contributed by atoms with Crippen molar-refractivity contribution < 1.29 is 4.74 Å². The average Bonchev–Trinajstić information content (AvgIpc) is 2.38. The lowest BCUT2D eigenvalue weighted by atomic mass is 10.1. The molecule has 0 saturated carbocycles. The number of nitrogens with zero attached hydrogens (tertiary/aromatic N) is 2. The molecule has 3 nitrogen and oxygen atoms in total. The van der Waals surface area contributed by atoms with Crippen molar-refractivity contribution in [3.05, 3.63) is 40.0 Å². The third-order valence-electron chi connectivity index (χ3n) is 2.91. The van der Waals surface area contributed by atoms with E-state index in [0.717, 1.165) is 16.9 Å². The molecule has 0 saturated heterocycles. The molecule has 1 aromatic heterocycles. The molecule has 100 valence electrons. The predicted molar refractivity (Wildman–Crippen MR) is 79.6 cm³/mol. The maximum atomic E-state index is 5.96. The van der Waals surface area contributed by atoms with Crippen molar-refractivity contribution in [2.75, 3.05) is 6.26 Å². The van der Waals surface area contributed by atoms with Crippen molar-refractivity contribution in [2.45, 2.75) is 25.9 Å². The van der Waals surface area contributed by atoms with Crippen LogP contribution in [0.5, 0.6) is 11.6 Å². The van der Waals surface area contributed by atoms with E-state index in [0.29, 0.717) is 16.2 Å². The molecule has 0 aliphatic rings. The molecule has 0 aliphatic carbocycles. The number of benzene rings is 1. The molecule has 19 heavy (non-hydrogen) atoms. The molecule has 0 radical (unpaired) electrons. The molecule has 0 N–H and O–H groups in total. The molecular weight excluding hydrogens is 280 g/mol.